The molecule has 1 saturated heterocycles. The summed E-state index contributed by atoms with van der Waals surface area (Å²) < 4.78 is 10.3. The lowest BCUT2D eigenvalue weighted by atomic mass is 10.1. The average molecular weight is 194 g/mol. The van der Waals surface area contributed by atoms with E-state index in [1.807, 2.05) is 0 Å². The molecular formula is C11H14O3. The predicted molar refractivity (Wildman–Crippen MR) is 51.2 cm³/mol. The topological polar surface area (TPSA) is 39.4 Å². The lowest BCUT2D eigenvalue weighted by Gasteiger charge is -2.06. The number of hydrogen-bond acceptors (Lipinski definition) is 3. The molecule has 0 aliphatic carbocycles. The first-order valence-electron chi connectivity index (χ1n) is 5.03. The Morgan fingerprint density at radius 2 is 2.50 bits per heavy atom. The Morgan fingerprint density at radius 3 is 3.14 bits per heavy atom. The molecule has 1 fully saturated rings. The lowest BCUT2D eigenvalue weighted by molar-refractivity contribution is 0.0859. The maximum absolute atomic E-state index is 11.5. The van der Waals surface area contributed by atoms with Crippen LogP contribution in [0.15, 0.2) is 23.0 Å². The monoisotopic (exact) mass is 194 g/mol. The molecule has 3 nitrogen and oxygen atoms in total. The number of Topliss-reactive ketones (excluding diaryl/α,β-unsaturated/α-hetero) is 1. The third-order valence-corrected chi connectivity index (χ3v) is 2.56. The van der Waals surface area contributed by atoms with Crippen LogP contribution < -0.4 is 0 Å². The molecule has 2 rings (SSSR count). The van der Waals surface area contributed by atoms with E-state index in [2.05, 4.69) is 0 Å². The van der Waals surface area contributed by atoms with Crippen LogP contribution >= 0.6 is 0 Å². The SMILES string of the molecule is O=C(CCC1CCCO1)c1ccoc1. The molecule has 1 aliphatic heterocycles. The van der Waals surface area contributed by atoms with Crippen molar-refractivity contribution in [3.63, 3.8) is 0 Å². The fraction of sp³-hybridized carbons (Fsp3) is 0.545. The zero-order chi connectivity index (χ0) is 9.80. The number of carbonyl (C=O) groups excluding carboxylic acids is 1. The average Bonchev–Trinajstić information content (AvgIpc) is 2.87. The van der Waals surface area contributed by atoms with Gasteiger partial charge in [0.2, 0.25) is 0 Å². The van der Waals surface area contributed by atoms with E-state index in [4.69, 9.17) is 9.15 Å². The Bertz CT molecular complexity index is 283. The highest BCUT2D eigenvalue weighted by molar-refractivity contribution is 5.95. The summed E-state index contributed by atoms with van der Waals surface area (Å²) in [5.74, 6) is 0.147. The maximum Gasteiger partial charge on any atom is 0.166 e. The largest absolute Gasteiger partial charge is 0.472 e. The van der Waals surface area contributed by atoms with Crippen molar-refractivity contribution in [2.24, 2.45) is 0 Å². The van der Waals surface area contributed by atoms with E-state index in [9.17, 15) is 4.79 Å². The van der Waals surface area contributed by atoms with Gasteiger partial charge in [-0.3, -0.25) is 4.79 Å². The molecule has 0 spiro atoms. The van der Waals surface area contributed by atoms with Gasteiger partial charge < -0.3 is 9.15 Å². The summed E-state index contributed by atoms with van der Waals surface area (Å²) in [5.41, 5.74) is 0.669. The zero-order valence-corrected chi connectivity index (χ0v) is 8.07. The summed E-state index contributed by atoms with van der Waals surface area (Å²) in [6.45, 7) is 0.852. The molecule has 76 valence electrons. The van der Waals surface area contributed by atoms with Crippen molar-refractivity contribution in [1.82, 2.24) is 0 Å². The quantitative estimate of drug-likeness (QED) is 0.691. The Labute approximate surface area is 83.0 Å². The van der Waals surface area contributed by atoms with E-state index < -0.39 is 0 Å². The predicted octanol–water partition coefficient (Wildman–Crippen LogP) is 2.42. The standard InChI is InChI=1S/C11H14O3/c12-11(9-5-7-13-8-9)4-3-10-2-1-6-14-10/h5,7-8,10H,1-4,6H2. The molecule has 0 bridgehead atoms. The molecule has 0 amide bonds. The van der Waals surface area contributed by atoms with E-state index in [0.29, 0.717) is 18.1 Å². The minimum absolute atomic E-state index is 0.147. The van der Waals surface area contributed by atoms with Crippen molar-refractivity contribution in [3.05, 3.63) is 24.2 Å². The van der Waals surface area contributed by atoms with E-state index in [1.165, 1.54) is 12.5 Å². The van der Waals surface area contributed by atoms with E-state index >= 15 is 0 Å². The highest BCUT2D eigenvalue weighted by Gasteiger charge is 2.17. The number of hydrogen-bond donors (Lipinski definition) is 0. The first kappa shape index (κ1) is 9.46. The molecule has 1 aromatic heterocycles. The van der Waals surface area contributed by atoms with Gasteiger partial charge in [0.25, 0.3) is 0 Å². The fourth-order valence-corrected chi connectivity index (χ4v) is 1.73. The van der Waals surface area contributed by atoms with Gasteiger partial charge in [0.05, 0.1) is 17.9 Å². The van der Waals surface area contributed by atoms with Crippen LogP contribution in [0.25, 0.3) is 0 Å². The third kappa shape index (κ3) is 2.23. The van der Waals surface area contributed by atoms with Crippen molar-refractivity contribution >= 4 is 5.78 Å². The molecule has 0 N–H and O–H groups in total. The maximum atomic E-state index is 11.5. The van der Waals surface area contributed by atoms with Gasteiger partial charge in [0, 0.05) is 13.0 Å². The summed E-state index contributed by atoms with van der Waals surface area (Å²) in [7, 11) is 0. The minimum Gasteiger partial charge on any atom is -0.472 e. The second-order valence-electron chi connectivity index (χ2n) is 3.61. The second-order valence-corrected chi connectivity index (χ2v) is 3.61. The van der Waals surface area contributed by atoms with Crippen LogP contribution in [0.5, 0.6) is 0 Å². The van der Waals surface area contributed by atoms with Crippen LogP contribution in [0.3, 0.4) is 0 Å². The van der Waals surface area contributed by atoms with Crippen LogP contribution in [0, 0.1) is 0 Å². The zero-order valence-electron chi connectivity index (χ0n) is 8.07. The fourth-order valence-electron chi connectivity index (χ4n) is 1.73. The molecule has 1 aromatic rings. The molecule has 0 saturated carbocycles. The molecule has 2 heterocycles. The number of furan rings is 1. The van der Waals surface area contributed by atoms with Gasteiger partial charge in [-0.15, -0.1) is 0 Å². The molecule has 1 aliphatic rings. The van der Waals surface area contributed by atoms with Crippen molar-refractivity contribution in [3.8, 4) is 0 Å². The van der Waals surface area contributed by atoms with Gasteiger partial charge in [-0.05, 0) is 25.3 Å². The molecule has 14 heavy (non-hydrogen) atoms. The van der Waals surface area contributed by atoms with Gasteiger partial charge in [0.15, 0.2) is 5.78 Å². The van der Waals surface area contributed by atoms with Crippen LogP contribution in [-0.4, -0.2) is 18.5 Å². The molecule has 1 unspecified atom stereocenters. The summed E-state index contributed by atoms with van der Waals surface area (Å²) in [6, 6.07) is 1.71. The van der Waals surface area contributed by atoms with Crippen molar-refractivity contribution < 1.29 is 13.9 Å². The summed E-state index contributed by atoms with van der Waals surface area (Å²) in [4.78, 5) is 11.5. The molecule has 3 heteroatoms. The highest BCUT2D eigenvalue weighted by atomic mass is 16.5. The third-order valence-electron chi connectivity index (χ3n) is 2.56. The van der Waals surface area contributed by atoms with E-state index in [1.54, 1.807) is 6.07 Å². The van der Waals surface area contributed by atoms with Crippen molar-refractivity contribution in [2.45, 2.75) is 31.8 Å². The van der Waals surface area contributed by atoms with Gasteiger partial charge >= 0.3 is 0 Å². The van der Waals surface area contributed by atoms with Crippen LogP contribution in [0.1, 0.15) is 36.0 Å². The summed E-state index contributed by atoms with van der Waals surface area (Å²) >= 11 is 0. The number of ether oxygens (including phenoxy) is 1. The number of carbonyl (C=O) groups is 1. The summed E-state index contributed by atoms with van der Waals surface area (Å²) in [5, 5.41) is 0. The number of ketones is 1. The second kappa shape index (κ2) is 4.42. The normalized spacial score (nSPS) is 21.3. The van der Waals surface area contributed by atoms with Crippen molar-refractivity contribution in [2.75, 3.05) is 6.61 Å². The van der Waals surface area contributed by atoms with Crippen LogP contribution in [-0.2, 0) is 4.74 Å². The Balaban J connectivity index is 1.78. The smallest absolute Gasteiger partial charge is 0.166 e. The van der Waals surface area contributed by atoms with E-state index in [-0.39, 0.29) is 5.78 Å². The highest BCUT2D eigenvalue weighted by Crippen LogP contribution is 2.18. The minimum atomic E-state index is 0.147. The Kier molecular flexibility index (Phi) is 2.99. The lowest BCUT2D eigenvalue weighted by Crippen LogP contribution is -2.08. The first-order chi connectivity index (χ1) is 6.86. The first-order valence-corrected chi connectivity index (χ1v) is 5.03. The van der Waals surface area contributed by atoms with Crippen molar-refractivity contribution in [1.29, 1.82) is 0 Å². The summed E-state index contributed by atoms with van der Waals surface area (Å²) in [6.07, 6.45) is 6.94. The van der Waals surface area contributed by atoms with Crippen LogP contribution in [0.4, 0.5) is 0 Å². The number of rotatable bonds is 4. The Hall–Kier alpha value is -1.09. The van der Waals surface area contributed by atoms with Gasteiger partial charge in [-0.1, -0.05) is 0 Å². The molecule has 0 aromatic carbocycles. The van der Waals surface area contributed by atoms with Gasteiger partial charge in [-0.2, -0.15) is 0 Å². The Morgan fingerprint density at radius 1 is 1.57 bits per heavy atom. The molecular weight excluding hydrogens is 180 g/mol. The van der Waals surface area contributed by atoms with Gasteiger partial charge in [0.1, 0.15) is 6.26 Å². The van der Waals surface area contributed by atoms with Crippen LogP contribution in [0.2, 0.25) is 0 Å². The van der Waals surface area contributed by atoms with Gasteiger partial charge in [-0.25, -0.2) is 0 Å². The molecule has 1 atom stereocenters. The molecule has 0 radical (unpaired) electrons. The van der Waals surface area contributed by atoms with E-state index in [0.717, 1.165) is 25.9 Å².